The molecule has 16 heavy (non-hydrogen) atoms. The van der Waals surface area contributed by atoms with Gasteiger partial charge in [0.05, 0.1) is 13.0 Å². The van der Waals surface area contributed by atoms with E-state index in [0.29, 0.717) is 12.2 Å². The van der Waals surface area contributed by atoms with Gasteiger partial charge in [-0.3, -0.25) is 4.79 Å². The Kier molecular flexibility index (Phi) is 4.74. The van der Waals surface area contributed by atoms with Crippen molar-refractivity contribution in [1.82, 2.24) is 0 Å². The highest BCUT2D eigenvalue weighted by Gasteiger charge is 2.12. The molecule has 0 aliphatic heterocycles. The molecule has 0 aromatic heterocycles. The maximum Gasteiger partial charge on any atom is 0.310 e. The lowest BCUT2D eigenvalue weighted by molar-refractivity contribution is -0.142. The Morgan fingerprint density at radius 2 is 2.19 bits per heavy atom. The second-order valence-corrected chi connectivity index (χ2v) is 3.74. The van der Waals surface area contributed by atoms with Crippen LogP contribution < -0.4 is 0 Å². The van der Waals surface area contributed by atoms with Gasteiger partial charge in [-0.1, -0.05) is 0 Å². The quantitative estimate of drug-likeness (QED) is 0.601. The minimum Gasteiger partial charge on any atom is -0.466 e. The van der Waals surface area contributed by atoms with Gasteiger partial charge in [0.2, 0.25) is 0 Å². The zero-order valence-electron chi connectivity index (χ0n) is 9.35. The molecule has 0 bridgehead atoms. The number of rotatable bonds is 4. The Balaban J connectivity index is 2.97. The first-order valence-corrected chi connectivity index (χ1v) is 5.61. The maximum atomic E-state index is 13.2. The molecule has 1 aromatic carbocycles. The number of esters is 1. The number of benzene rings is 1. The minimum absolute atomic E-state index is 0.0640. The number of carbonyl (C=O) groups is 1. The lowest BCUT2D eigenvalue weighted by Crippen LogP contribution is -2.10. The standard InChI is InChI=1S/C12H14ClFO2/c1-3-16-12(15)6-9-5-10(14)4-8(2)11(9)7-13/h4-5H,3,6-7H2,1-2H3. The highest BCUT2D eigenvalue weighted by molar-refractivity contribution is 6.17. The molecule has 2 nitrogen and oxygen atoms in total. The summed E-state index contributed by atoms with van der Waals surface area (Å²) in [5.41, 5.74) is 2.16. The molecule has 0 amide bonds. The number of halogens is 2. The summed E-state index contributed by atoms with van der Waals surface area (Å²) >= 11 is 5.78. The van der Waals surface area contributed by atoms with Crippen LogP contribution in [0.4, 0.5) is 4.39 Å². The third kappa shape index (κ3) is 3.20. The van der Waals surface area contributed by atoms with E-state index in [4.69, 9.17) is 16.3 Å². The minimum atomic E-state index is -0.362. The normalized spacial score (nSPS) is 10.2. The van der Waals surface area contributed by atoms with Crippen molar-refractivity contribution in [2.75, 3.05) is 6.61 Å². The summed E-state index contributed by atoms with van der Waals surface area (Å²) in [7, 11) is 0. The fraction of sp³-hybridized carbons (Fsp3) is 0.417. The predicted octanol–water partition coefficient (Wildman–Crippen LogP) is 2.98. The monoisotopic (exact) mass is 244 g/mol. The second kappa shape index (κ2) is 5.85. The number of hydrogen-bond donors (Lipinski definition) is 0. The number of ether oxygens (including phenoxy) is 1. The van der Waals surface area contributed by atoms with E-state index in [0.717, 1.165) is 11.1 Å². The van der Waals surface area contributed by atoms with Crippen molar-refractivity contribution < 1.29 is 13.9 Å². The van der Waals surface area contributed by atoms with Gasteiger partial charge in [0, 0.05) is 5.88 Å². The van der Waals surface area contributed by atoms with Crippen LogP contribution in [0.1, 0.15) is 23.6 Å². The van der Waals surface area contributed by atoms with Crippen LogP contribution in [0.3, 0.4) is 0 Å². The van der Waals surface area contributed by atoms with Crippen molar-refractivity contribution in [3.8, 4) is 0 Å². The molecule has 1 rings (SSSR count). The van der Waals surface area contributed by atoms with Crippen molar-refractivity contribution in [3.05, 3.63) is 34.6 Å². The summed E-state index contributed by atoms with van der Waals surface area (Å²) in [6.07, 6.45) is 0.0640. The summed E-state index contributed by atoms with van der Waals surface area (Å²) in [4.78, 5) is 11.3. The van der Waals surface area contributed by atoms with Crippen LogP contribution in [0.15, 0.2) is 12.1 Å². The summed E-state index contributed by atoms with van der Waals surface area (Å²) in [5.74, 6) is -0.453. The SMILES string of the molecule is CCOC(=O)Cc1cc(F)cc(C)c1CCl. The molecular formula is C12H14ClFO2. The molecule has 0 saturated heterocycles. The average Bonchev–Trinajstić information content (AvgIpc) is 2.17. The second-order valence-electron chi connectivity index (χ2n) is 3.48. The number of hydrogen-bond acceptors (Lipinski definition) is 2. The fourth-order valence-electron chi connectivity index (χ4n) is 1.56. The molecule has 0 saturated carbocycles. The van der Waals surface area contributed by atoms with E-state index >= 15 is 0 Å². The van der Waals surface area contributed by atoms with Crippen molar-refractivity contribution in [3.63, 3.8) is 0 Å². The van der Waals surface area contributed by atoms with Gasteiger partial charge < -0.3 is 4.74 Å². The van der Waals surface area contributed by atoms with E-state index in [1.807, 2.05) is 0 Å². The third-order valence-corrected chi connectivity index (χ3v) is 2.57. The van der Waals surface area contributed by atoms with Crippen LogP contribution in [-0.4, -0.2) is 12.6 Å². The summed E-state index contributed by atoms with van der Waals surface area (Å²) < 4.78 is 18.0. The fourth-order valence-corrected chi connectivity index (χ4v) is 1.94. The zero-order valence-corrected chi connectivity index (χ0v) is 10.1. The molecule has 0 N–H and O–H groups in total. The molecule has 0 aliphatic carbocycles. The van der Waals surface area contributed by atoms with Crippen LogP contribution >= 0.6 is 11.6 Å². The van der Waals surface area contributed by atoms with Gasteiger partial charge in [0.1, 0.15) is 5.82 Å². The molecule has 1 aromatic rings. The zero-order chi connectivity index (χ0) is 12.1. The third-order valence-electron chi connectivity index (χ3n) is 2.30. The molecule has 88 valence electrons. The van der Waals surface area contributed by atoms with Crippen molar-refractivity contribution in [1.29, 1.82) is 0 Å². The van der Waals surface area contributed by atoms with Gasteiger partial charge in [-0.2, -0.15) is 0 Å². The first kappa shape index (κ1) is 13.0. The Bertz CT molecular complexity index is 391. The number of aryl methyl sites for hydroxylation is 1. The highest BCUT2D eigenvalue weighted by atomic mass is 35.5. The topological polar surface area (TPSA) is 26.3 Å². The van der Waals surface area contributed by atoms with Crippen LogP contribution in [0, 0.1) is 12.7 Å². The Morgan fingerprint density at radius 3 is 2.75 bits per heavy atom. The molecule has 4 heteroatoms. The largest absolute Gasteiger partial charge is 0.466 e. The molecule has 0 spiro atoms. The molecule has 0 atom stereocenters. The van der Waals surface area contributed by atoms with E-state index in [2.05, 4.69) is 0 Å². The van der Waals surface area contributed by atoms with Crippen molar-refractivity contribution >= 4 is 17.6 Å². The van der Waals surface area contributed by atoms with E-state index in [1.165, 1.54) is 12.1 Å². The van der Waals surface area contributed by atoms with Gasteiger partial charge in [0.15, 0.2) is 0 Å². The summed E-state index contributed by atoms with van der Waals surface area (Å²) in [6, 6.07) is 2.74. The average molecular weight is 245 g/mol. The van der Waals surface area contributed by atoms with E-state index < -0.39 is 0 Å². The molecule has 0 radical (unpaired) electrons. The van der Waals surface area contributed by atoms with Gasteiger partial charge in [0.25, 0.3) is 0 Å². The van der Waals surface area contributed by atoms with Gasteiger partial charge in [-0.25, -0.2) is 4.39 Å². The van der Waals surface area contributed by atoms with Crippen LogP contribution in [-0.2, 0) is 21.8 Å². The molecule has 0 heterocycles. The van der Waals surface area contributed by atoms with E-state index in [9.17, 15) is 9.18 Å². The molecule has 0 aliphatic rings. The van der Waals surface area contributed by atoms with Crippen LogP contribution in [0.2, 0.25) is 0 Å². The Morgan fingerprint density at radius 1 is 1.50 bits per heavy atom. The van der Waals surface area contributed by atoms with Crippen LogP contribution in [0.25, 0.3) is 0 Å². The van der Waals surface area contributed by atoms with E-state index in [-0.39, 0.29) is 24.1 Å². The number of alkyl halides is 1. The first-order chi connectivity index (χ1) is 7.58. The van der Waals surface area contributed by atoms with Gasteiger partial charge in [-0.05, 0) is 42.7 Å². The van der Waals surface area contributed by atoms with Crippen LogP contribution in [0.5, 0.6) is 0 Å². The lowest BCUT2D eigenvalue weighted by Gasteiger charge is -2.10. The molecule has 0 fully saturated rings. The summed E-state index contributed by atoms with van der Waals surface area (Å²) in [5, 5.41) is 0. The highest BCUT2D eigenvalue weighted by Crippen LogP contribution is 2.19. The smallest absolute Gasteiger partial charge is 0.310 e. The Labute approximate surface area is 99.4 Å². The predicted molar refractivity (Wildman–Crippen MR) is 61.0 cm³/mol. The van der Waals surface area contributed by atoms with E-state index in [1.54, 1.807) is 13.8 Å². The van der Waals surface area contributed by atoms with Crippen molar-refractivity contribution in [2.45, 2.75) is 26.1 Å². The Hall–Kier alpha value is -1.09. The number of carbonyl (C=O) groups excluding carboxylic acids is 1. The van der Waals surface area contributed by atoms with Gasteiger partial charge in [-0.15, -0.1) is 11.6 Å². The lowest BCUT2D eigenvalue weighted by atomic mass is 10.0. The van der Waals surface area contributed by atoms with Crippen molar-refractivity contribution in [2.24, 2.45) is 0 Å². The first-order valence-electron chi connectivity index (χ1n) is 5.08. The molecule has 0 unspecified atom stereocenters. The maximum absolute atomic E-state index is 13.2. The molecular weight excluding hydrogens is 231 g/mol. The van der Waals surface area contributed by atoms with Gasteiger partial charge >= 0.3 is 5.97 Å². The summed E-state index contributed by atoms with van der Waals surface area (Å²) in [6.45, 7) is 3.83.